The Bertz CT molecular complexity index is 526. The topological polar surface area (TPSA) is 73.1 Å². The van der Waals surface area contributed by atoms with Gasteiger partial charge in [-0.1, -0.05) is 5.16 Å². The number of pyridine rings is 1. The highest BCUT2D eigenvalue weighted by Crippen LogP contribution is 2.23. The summed E-state index contributed by atoms with van der Waals surface area (Å²) in [6.45, 7) is 5.48. The summed E-state index contributed by atoms with van der Waals surface area (Å²) in [7, 11) is 1.68. The third-order valence-corrected chi connectivity index (χ3v) is 2.97. The fraction of sp³-hybridized carbons (Fsp3) is 0.462. The van der Waals surface area contributed by atoms with E-state index in [2.05, 4.69) is 25.0 Å². The van der Waals surface area contributed by atoms with E-state index >= 15 is 0 Å². The average molecular weight is 262 g/mol. The highest BCUT2D eigenvalue weighted by molar-refractivity contribution is 5.40. The van der Waals surface area contributed by atoms with Gasteiger partial charge in [-0.15, -0.1) is 0 Å². The van der Waals surface area contributed by atoms with Crippen molar-refractivity contribution in [3.05, 3.63) is 35.2 Å². The molecule has 102 valence electrons. The fourth-order valence-corrected chi connectivity index (χ4v) is 1.96. The molecule has 0 spiro atoms. The zero-order valence-corrected chi connectivity index (χ0v) is 11.4. The molecule has 0 aromatic carbocycles. The monoisotopic (exact) mass is 262 g/mol. The zero-order valence-electron chi connectivity index (χ0n) is 11.4. The van der Waals surface area contributed by atoms with Crippen molar-refractivity contribution in [3.8, 4) is 5.75 Å². The summed E-state index contributed by atoms with van der Waals surface area (Å²) >= 11 is 0. The second kappa shape index (κ2) is 6.29. The van der Waals surface area contributed by atoms with Crippen LogP contribution in [0.1, 0.15) is 22.6 Å². The highest BCUT2D eigenvalue weighted by atomic mass is 16.5. The lowest BCUT2D eigenvalue weighted by atomic mass is 10.1. The Balaban J connectivity index is 1.89. The SMILES string of the molecule is COc1c(C)cnc(CNCCc2ncon2)c1C. The van der Waals surface area contributed by atoms with E-state index in [1.54, 1.807) is 7.11 Å². The van der Waals surface area contributed by atoms with Crippen LogP contribution in [0.4, 0.5) is 0 Å². The van der Waals surface area contributed by atoms with Crippen LogP contribution in [0.2, 0.25) is 0 Å². The first-order chi connectivity index (χ1) is 9.22. The van der Waals surface area contributed by atoms with Crippen LogP contribution >= 0.6 is 0 Å². The molecule has 1 N–H and O–H groups in total. The molecule has 2 heterocycles. The minimum Gasteiger partial charge on any atom is -0.496 e. The molecule has 19 heavy (non-hydrogen) atoms. The van der Waals surface area contributed by atoms with Crippen LogP contribution in [-0.2, 0) is 13.0 Å². The minimum atomic E-state index is 0.695. The van der Waals surface area contributed by atoms with E-state index in [-0.39, 0.29) is 0 Å². The molecule has 0 amide bonds. The summed E-state index contributed by atoms with van der Waals surface area (Å²) in [5.41, 5.74) is 3.13. The summed E-state index contributed by atoms with van der Waals surface area (Å²) < 4.78 is 10.1. The van der Waals surface area contributed by atoms with E-state index in [0.29, 0.717) is 12.4 Å². The number of aromatic nitrogens is 3. The first-order valence-electron chi connectivity index (χ1n) is 6.17. The number of ether oxygens (including phenoxy) is 1. The second-order valence-corrected chi connectivity index (χ2v) is 4.32. The number of hydrogen-bond acceptors (Lipinski definition) is 6. The Labute approximate surface area is 112 Å². The molecule has 0 saturated heterocycles. The lowest BCUT2D eigenvalue weighted by molar-refractivity contribution is 0.406. The largest absolute Gasteiger partial charge is 0.496 e. The molecule has 2 aromatic heterocycles. The quantitative estimate of drug-likeness (QED) is 0.794. The molecule has 0 bridgehead atoms. The molecular formula is C13H18N4O2. The number of methoxy groups -OCH3 is 1. The van der Waals surface area contributed by atoms with E-state index in [1.807, 2.05) is 20.0 Å². The number of aryl methyl sites for hydroxylation is 1. The zero-order chi connectivity index (χ0) is 13.7. The van der Waals surface area contributed by atoms with E-state index < -0.39 is 0 Å². The van der Waals surface area contributed by atoms with Crippen molar-refractivity contribution in [1.29, 1.82) is 0 Å². The lowest BCUT2D eigenvalue weighted by Gasteiger charge is -2.12. The van der Waals surface area contributed by atoms with Crippen LogP contribution in [0.3, 0.4) is 0 Å². The first kappa shape index (κ1) is 13.5. The van der Waals surface area contributed by atoms with E-state index in [1.165, 1.54) is 6.39 Å². The molecule has 0 aliphatic rings. The van der Waals surface area contributed by atoms with Crippen LogP contribution < -0.4 is 10.1 Å². The summed E-state index contributed by atoms with van der Waals surface area (Å²) in [5.74, 6) is 1.61. The van der Waals surface area contributed by atoms with Crippen molar-refractivity contribution in [2.75, 3.05) is 13.7 Å². The molecule has 6 nitrogen and oxygen atoms in total. The normalized spacial score (nSPS) is 10.7. The van der Waals surface area contributed by atoms with Gasteiger partial charge in [0.1, 0.15) is 5.75 Å². The summed E-state index contributed by atoms with van der Waals surface area (Å²) in [6.07, 6.45) is 3.91. The van der Waals surface area contributed by atoms with Gasteiger partial charge in [0.2, 0.25) is 6.39 Å². The third-order valence-electron chi connectivity index (χ3n) is 2.97. The van der Waals surface area contributed by atoms with Gasteiger partial charge >= 0.3 is 0 Å². The van der Waals surface area contributed by atoms with Crippen molar-refractivity contribution in [3.63, 3.8) is 0 Å². The Morgan fingerprint density at radius 3 is 2.84 bits per heavy atom. The van der Waals surface area contributed by atoms with Crippen LogP contribution in [0.25, 0.3) is 0 Å². The van der Waals surface area contributed by atoms with Crippen molar-refractivity contribution >= 4 is 0 Å². The van der Waals surface area contributed by atoms with Crippen LogP contribution in [0.5, 0.6) is 5.75 Å². The number of nitrogens with one attached hydrogen (secondary N) is 1. The average Bonchev–Trinajstić information content (AvgIpc) is 2.90. The van der Waals surface area contributed by atoms with Crippen LogP contribution in [-0.4, -0.2) is 28.8 Å². The molecule has 0 unspecified atom stereocenters. The van der Waals surface area contributed by atoms with Gasteiger partial charge in [-0.3, -0.25) is 4.98 Å². The molecule has 0 atom stereocenters. The smallest absolute Gasteiger partial charge is 0.213 e. The van der Waals surface area contributed by atoms with Gasteiger partial charge in [0, 0.05) is 36.8 Å². The van der Waals surface area contributed by atoms with Crippen molar-refractivity contribution in [2.45, 2.75) is 26.8 Å². The number of nitrogens with zero attached hydrogens (tertiary/aromatic N) is 3. The maximum atomic E-state index is 5.38. The first-order valence-corrected chi connectivity index (χ1v) is 6.17. The van der Waals surface area contributed by atoms with E-state index in [0.717, 1.165) is 35.5 Å². The molecule has 0 aliphatic carbocycles. The predicted molar refractivity (Wildman–Crippen MR) is 70.0 cm³/mol. The van der Waals surface area contributed by atoms with Gasteiger partial charge in [0.05, 0.1) is 12.8 Å². The lowest BCUT2D eigenvalue weighted by Crippen LogP contribution is -2.19. The van der Waals surface area contributed by atoms with Crippen LogP contribution in [0.15, 0.2) is 17.1 Å². The Kier molecular flexibility index (Phi) is 4.46. The predicted octanol–water partition coefficient (Wildman–Crippen LogP) is 1.42. The fourth-order valence-electron chi connectivity index (χ4n) is 1.96. The van der Waals surface area contributed by atoms with Gasteiger partial charge < -0.3 is 14.6 Å². The van der Waals surface area contributed by atoms with Crippen molar-refractivity contribution in [1.82, 2.24) is 20.4 Å². The van der Waals surface area contributed by atoms with Gasteiger partial charge in [-0.25, -0.2) is 0 Å². The molecule has 0 saturated carbocycles. The summed E-state index contributed by atoms with van der Waals surface area (Å²) in [6, 6.07) is 0. The van der Waals surface area contributed by atoms with Gasteiger partial charge in [-0.05, 0) is 13.8 Å². The van der Waals surface area contributed by atoms with E-state index in [9.17, 15) is 0 Å². The Morgan fingerprint density at radius 2 is 2.16 bits per heavy atom. The number of hydrogen-bond donors (Lipinski definition) is 1. The Morgan fingerprint density at radius 1 is 1.32 bits per heavy atom. The molecule has 2 aromatic rings. The standard InChI is InChI=1S/C13H18N4O2/c1-9-6-15-11(10(2)13(9)18-3)7-14-5-4-12-16-8-19-17-12/h6,8,14H,4-5,7H2,1-3H3. The second-order valence-electron chi connectivity index (χ2n) is 4.32. The van der Waals surface area contributed by atoms with Crippen molar-refractivity contribution < 1.29 is 9.26 Å². The van der Waals surface area contributed by atoms with Crippen LogP contribution in [0, 0.1) is 13.8 Å². The summed E-state index contributed by atoms with van der Waals surface area (Å²) in [4.78, 5) is 8.39. The molecule has 6 heteroatoms. The minimum absolute atomic E-state index is 0.695. The summed E-state index contributed by atoms with van der Waals surface area (Å²) in [5, 5.41) is 7.07. The van der Waals surface area contributed by atoms with Gasteiger partial charge in [0.25, 0.3) is 0 Å². The molecule has 2 rings (SSSR count). The number of rotatable bonds is 6. The maximum Gasteiger partial charge on any atom is 0.213 e. The molecule has 0 aliphatic heterocycles. The van der Waals surface area contributed by atoms with E-state index in [4.69, 9.17) is 4.74 Å². The molecule has 0 fully saturated rings. The highest BCUT2D eigenvalue weighted by Gasteiger charge is 2.08. The molecule has 0 radical (unpaired) electrons. The molecular weight excluding hydrogens is 244 g/mol. The Hall–Kier alpha value is -1.95. The maximum absolute atomic E-state index is 5.38. The van der Waals surface area contributed by atoms with Gasteiger partial charge in [0.15, 0.2) is 5.82 Å². The van der Waals surface area contributed by atoms with Crippen molar-refractivity contribution in [2.24, 2.45) is 0 Å². The third kappa shape index (κ3) is 3.29. The van der Waals surface area contributed by atoms with Gasteiger partial charge in [-0.2, -0.15) is 4.98 Å².